The van der Waals surface area contributed by atoms with Crippen molar-refractivity contribution in [2.45, 2.75) is 0 Å². The number of nitrogen functional groups attached to an aromatic ring is 1. The van der Waals surface area contributed by atoms with Gasteiger partial charge in [-0.1, -0.05) is 35.3 Å². The predicted octanol–water partition coefficient (Wildman–Crippen LogP) is 2.43. The Morgan fingerprint density at radius 2 is 2.00 bits per heavy atom. The van der Waals surface area contributed by atoms with E-state index in [1.54, 1.807) is 18.2 Å². The molecule has 0 bridgehead atoms. The van der Waals surface area contributed by atoms with Gasteiger partial charge in [-0.3, -0.25) is 0 Å². The largest absolute Gasteiger partial charge is 0.382 e. The number of anilines is 1. The molecular weight excluding hydrogens is 235 g/mol. The minimum atomic E-state index is 0.272. The zero-order valence-electron chi connectivity index (χ0n) is 7.48. The monoisotopic (exact) mass is 240 g/mol. The van der Waals surface area contributed by atoms with E-state index < -0.39 is 0 Å². The summed E-state index contributed by atoms with van der Waals surface area (Å²) in [7, 11) is 0. The molecule has 0 spiro atoms. The molecule has 15 heavy (non-hydrogen) atoms. The van der Waals surface area contributed by atoms with Gasteiger partial charge in [0.2, 0.25) is 0 Å². The van der Waals surface area contributed by atoms with Crippen LogP contribution in [0.25, 0.3) is 11.3 Å². The van der Waals surface area contributed by atoms with Crippen molar-refractivity contribution >= 4 is 29.0 Å². The van der Waals surface area contributed by atoms with E-state index in [1.165, 1.54) is 6.33 Å². The number of nitrogens with two attached hydrogens (primary N) is 1. The third-order valence-electron chi connectivity index (χ3n) is 1.86. The summed E-state index contributed by atoms with van der Waals surface area (Å²) in [4.78, 5) is 3.83. The molecule has 0 atom stereocenters. The Morgan fingerprint density at radius 1 is 1.20 bits per heavy atom. The molecular formula is C9H6Cl2N4. The second-order valence-corrected chi connectivity index (χ2v) is 3.58. The number of rotatable bonds is 1. The first-order valence-electron chi connectivity index (χ1n) is 4.07. The molecule has 1 aromatic heterocycles. The third-order valence-corrected chi connectivity index (χ3v) is 2.67. The van der Waals surface area contributed by atoms with Crippen molar-refractivity contribution in [3.8, 4) is 11.3 Å². The Bertz CT molecular complexity index is 501. The average molecular weight is 241 g/mol. The quantitative estimate of drug-likeness (QED) is 0.832. The van der Waals surface area contributed by atoms with E-state index in [0.717, 1.165) is 0 Å². The van der Waals surface area contributed by atoms with Crippen LogP contribution >= 0.6 is 23.2 Å². The molecule has 4 nitrogen and oxygen atoms in total. The molecule has 2 rings (SSSR count). The Kier molecular flexibility index (Phi) is 2.70. The van der Waals surface area contributed by atoms with Crippen molar-refractivity contribution < 1.29 is 0 Å². The molecule has 1 aromatic carbocycles. The summed E-state index contributed by atoms with van der Waals surface area (Å²) in [6.45, 7) is 0. The van der Waals surface area contributed by atoms with E-state index >= 15 is 0 Å². The lowest BCUT2D eigenvalue weighted by Gasteiger charge is -2.05. The van der Waals surface area contributed by atoms with Gasteiger partial charge in [0.05, 0.1) is 10.0 Å². The first-order valence-corrected chi connectivity index (χ1v) is 4.83. The van der Waals surface area contributed by atoms with Gasteiger partial charge in [0.15, 0.2) is 5.82 Å². The molecule has 0 amide bonds. The smallest absolute Gasteiger partial charge is 0.153 e. The van der Waals surface area contributed by atoms with Gasteiger partial charge in [-0.2, -0.15) is 0 Å². The summed E-state index contributed by atoms with van der Waals surface area (Å²) in [5.41, 5.74) is 6.72. The molecule has 0 saturated carbocycles. The molecule has 76 valence electrons. The zero-order valence-corrected chi connectivity index (χ0v) is 9.00. The maximum atomic E-state index is 6.02. The number of benzene rings is 1. The van der Waals surface area contributed by atoms with Crippen LogP contribution in [0.5, 0.6) is 0 Å². The van der Waals surface area contributed by atoms with Crippen LogP contribution in [0.4, 0.5) is 5.82 Å². The van der Waals surface area contributed by atoms with Crippen molar-refractivity contribution in [2.24, 2.45) is 0 Å². The average Bonchev–Trinajstić information content (AvgIpc) is 2.23. The number of aromatic nitrogens is 3. The van der Waals surface area contributed by atoms with Crippen molar-refractivity contribution in [1.29, 1.82) is 0 Å². The van der Waals surface area contributed by atoms with Crippen LogP contribution in [0.2, 0.25) is 10.0 Å². The van der Waals surface area contributed by atoms with Crippen LogP contribution in [-0.4, -0.2) is 15.2 Å². The molecule has 2 aromatic rings. The first kappa shape index (κ1) is 10.1. The van der Waals surface area contributed by atoms with Gasteiger partial charge in [0.25, 0.3) is 0 Å². The number of nitrogens with zero attached hydrogens (tertiary/aromatic N) is 3. The predicted molar refractivity (Wildman–Crippen MR) is 59.7 cm³/mol. The molecule has 2 N–H and O–H groups in total. The Morgan fingerprint density at radius 3 is 2.73 bits per heavy atom. The molecule has 0 saturated heterocycles. The van der Waals surface area contributed by atoms with Crippen LogP contribution in [0.3, 0.4) is 0 Å². The lowest BCUT2D eigenvalue weighted by Crippen LogP contribution is -1.98. The van der Waals surface area contributed by atoms with Crippen LogP contribution in [0.1, 0.15) is 0 Å². The summed E-state index contributed by atoms with van der Waals surface area (Å²) < 4.78 is 0. The highest BCUT2D eigenvalue weighted by molar-refractivity contribution is 6.43. The van der Waals surface area contributed by atoms with E-state index in [-0.39, 0.29) is 5.82 Å². The SMILES string of the molecule is Nc1ncnnc1-c1cccc(Cl)c1Cl. The highest BCUT2D eigenvalue weighted by Gasteiger charge is 2.11. The van der Waals surface area contributed by atoms with E-state index in [9.17, 15) is 0 Å². The van der Waals surface area contributed by atoms with Gasteiger partial charge in [-0.05, 0) is 6.07 Å². The topological polar surface area (TPSA) is 64.7 Å². The molecule has 0 unspecified atom stereocenters. The fourth-order valence-electron chi connectivity index (χ4n) is 1.16. The maximum absolute atomic E-state index is 6.02. The number of halogens is 2. The Hall–Kier alpha value is -1.39. The minimum absolute atomic E-state index is 0.272. The second kappa shape index (κ2) is 4.00. The Balaban J connectivity index is 2.65. The molecule has 0 aliphatic carbocycles. The lowest BCUT2D eigenvalue weighted by molar-refractivity contribution is 0.983. The molecule has 6 heteroatoms. The molecule has 1 heterocycles. The highest BCUT2D eigenvalue weighted by atomic mass is 35.5. The zero-order chi connectivity index (χ0) is 10.8. The summed E-state index contributed by atoms with van der Waals surface area (Å²) in [5.74, 6) is 0.272. The van der Waals surface area contributed by atoms with Crippen LogP contribution in [0.15, 0.2) is 24.5 Å². The van der Waals surface area contributed by atoms with E-state index in [0.29, 0.717) is 21.3 Å². The van der Waals surface area contributed by atoms with E-state index in [4.69, 9.17) is 28.9 Å². The van der Waals surface area contributed by atoms with Gasteiger partial charge < -0.3 is 5.73 Å². The summed E-state index contributed by atoms with van der Waals surface area (Å²) in [6.07, 6.45) is 1.28. The van der Waals surface area contributed by atoms with Crippen molar-refractivity contribution in [2.75, 3.05) is 5.73 Å². The van der Waals surface area contributed by atoms with E-state index in [2.05, 4.69) is 15.2 Å². The van der Waals surface area contributed by atoms with Gasteiger partial charge in [-0.25, -0.2) is 4.98 Å². The van der Waals surface area contributed by atoms with Gasteiger partial charge in [-0.15, -0.1) is 10.2 Å². The highest BCUT2D eigenvalue weighted by Crippen LogP contribution is 2.33. The lowest BCUT2D eigenvalue weighted by atomic mass is 10.1. The van der Waals surface area contributed by atoms with Crippen molar-refractivity contribution in [3.05, 3.63) is 34.6 Å². The third kappa shape index (κ3) is 1.86. The van der Waals surface area contributed by atoms with Crippen LogP contribution < -0.4 is 5.73 Å². The fraction of sp³-hybridized carbons (Fsp3) is 0. The van der Waals surface area contributed by atoms with Crippen LogP contribution in [0, 0.1) is 0 Å². The van der Waals surface area contributed by atoms with Crippen molar-refractivity contribution in [3.63, 3.8) is 0 Å². The standard InChI is InChI=1S/C9H6Cl2N4/c10-6-3-1-2-5(7(6)11)8-9(12)13-4-14-15-8/h1-4H,(H2,12,13,14). The first-order chi connectivity index (χ1) is 7.20. The van der Waals surface area contributed by atoms with Gasteiger partial charge in [0, 0.05) is 5.56 Å². The van der Waals surface area contributed by atoms with E-state index in [1.807, 2.05) is 0 Å². The second-order valence-electron chi connectivity index (χ2n) is 2.80. The Labute approximate surface area is 96.1 Å². The normalized spacial score (nSPS) is 10.3. The van der Waals surface area contributed by atoms with Crippen LogP contribution in [-0.2, 0) is 0 Å². The molecule has 0 fully saturated rings. The van der Waals surface area contributed by atoms with Crippen molar-refractivity contribution in [1.82, 2.24) is 15.2 Å². The van der Waals surface area contributed by atoms with Gasteiger partial charge >= 0.3 is 0 Å². The number of hydrogen-bond acceptors (Lipinski definition) is 4. The summed E-state index contributed by atoms with van der Waals surface area (Å²) >= 11 is 11.9. The summed E-state index contributed by atoms with van der Waals surface area (Å²) in [6, 6.07) is 5.21. The fourth-order valence-corrected chi connectivity index (χ4v) is 1.55. The minimum Gasteiger partial charge on any atom is -0.382 e. The maximum Gasteiger partial charge on any atom is 0.153 e. The van der Waals surface area contributed by atoms with Gasteiger partial charge in [0.1, 0.15) is 12.0 Å². The molecule has 0 aliphatic rings. The number of hydrogen-bond donors (Lipinski definition) is 1. The molecule has 0 aliphatic heterocycles. The molecule has 0 radical (unpaired) electrons. The summed E-state index contributed by atoms with van der Waals surface area (Å²) in [5, 5.41) is 8.36.